The third kappa shape index (κ3) is 2.32. The average molecular weight is 216 g/mol. The van der Waals surface area contributed by atoms with E-state index in [2.05, 4.69) is 4.98 Å². The molecule has 0 aliphatic heterocycles. The SMILES string of the molecule is CCN(C)c1cc([N+](=O)[O-])cc(Cl)n1. The highest BCUT2D eigenvalue weighted by Crippen LogP contribution is 2.22. The van der Waals surface area contributed by atoms with Gasteiger partial charge in [-0.25, -0.2) is 4.98 Å². The summed E-state index contributed by atoms with van der Waals surface area (Å²) in [6.45, 7) is 2.64. The Kier molecular flexibility index (Phi) is 3.24. The van der Waals surface area contributed by atoms with Crippen molar-refractivity contribution in [2.45, 2.75) is 6.92 Å². The highest BCUT2D eigenvalue weighted by molar-refractivity contribution is 6.29. The van der Waals surface area contributed by atoms with E-state index in [4.69, 9.17) is 11.6 Å². The molecule has 0 aliphatic carbocycles. The summed E-state index contributed by atoms with van der Waals surface area (Å²) in [6, 6.07) is 2.63. The van der Waals surface area contributed by atoms with E-state index in [1.807, 2.05) is 6.92 Å². The lowest BCUT2D eigenvalue weighted by molar-refractivity contribution is -0.384. The van der Waals surface area contributed by atoms with E-state index < -0.39 is 4.92 Å². The number of hydrogen-bond acceptors (Lipinski definition) is 4. The summed E-state index contributed by atoms with van der Waals surface area (Å²) >= 11 is 5.65. The van der Waals surface area contributed by atoms with Gasteiger partial charge in [0.25, 0.3) is 5.69 Å². The molecule has 6 heteroatoms. The molecule has 0 N–H and O–H groups in total. The van der Waals surface area contributed by atoms with E-state index in [9.17, 15) is 10.1 Å². The Labute approximate surface area is 86.5 Å². The maximum atomic E-state index is 10.5. The van der Waals surface area contributed by atoms with E-state index in [-0.39, 0.29) is 10.8 Å². The zero-order chi connectivity index (χ0) is 10.7. The molecule has 1 aromatic heterocycles. The van der Waals surface area contributed by atoms with Crippen LogP contribution in [0.3, 0.4) is 0 Å². The summed E-state index contributed by atoms with van der Waals surface area (Å²) in [4.78, 5) is 15.8. The van der Waals surface area contributed by atoms with Crippen molar-refractivity contribution in [3.63, 3.8) is 0 Å². The van der Waals surface area contributed by atoms with Crippen LogP contribution in [0.1, 0.15) is 6.92 Å². The first-order valence-corrected chi connectivity index (χ1v) is 4.45. The molecular formula is C8H10ClN3O2. The Morgan fingerprint density at radius 3 is 2.79 bits per heavy atom. The van der Waals surface area contributed by atoms with Crippen LogP contribution in [-0.4, -0.2) is 23.5 Å². The third-order valence-electron chi connectivity index (χ3n) is 1.84. The minimum atomic E-state index is -0.486. The van der Waals surface area contributed by atoms with Crippen LogP contribution in [0.5, 0.6) is 0 Å². The molecule has 0 aromatic carbocycles. The molecule has 0 fully saturated rings. The second kappa shape index (κ2) is 4.23. The molecule has 0 unspecified atom stereocenters. The number of halogens is 1. The van der Waals surface area contributed by atoms with Gasteiger partial charge in [-0.15, -0.1) is 0 Å². The normalized spacial score (nSPS) is 9.93. The summed E-state index contributed by atoms with van der Waals surface area (Å²) in [5.74, 6) is 0.506. The molecule has 1 heterocycles. The fourth-order valence-corrected chi connectivity index (χ4v) is 1.13. The molecule has 5 nitrogen and oxygen atoms in total. The molecule has 0 bridgehead atoms. The fraction of sp³-hybridized carbons (Fsp3) is 0.375. The number of nitrogens with zero attached hydrogens (tertiary/aromatic N) is 3. The minimum Gasteiger partial charge on any atom is -0.360 e. The topological polar surface area (TPSA) is 59.3 Å². The van der Waals surface area contributed by atoms with E-state index in [0.717, 1.165) is 0 Å². The predicted molar refractivity (Wildman–Crippen MR) is 54.8 cm³/mol. The molecule has 76 valence electrons. The van der Waals surface area contributed by atoms with Crippen molar-refractivity contribution in [1.82, 2.24) is 4.98 Å². The van der Waals surface area contributed by atoms with Crippen molar-refractivity contribution in [3.05, 3.63) is 27.4 Å². The van der Waals surface area contributed by atoms with Gasteiger partial charge in [-0.05, 0) is 6.92 Å². The largest absolute Gasteiger partial charge is 0.360 e. The number of hydrogen-bond donors (Lipinski definition) is 0. The first-order valence-electron chi connectivity index (χ1n) is 4.07. The zero-order valence-corrected chi connectivity index (χ0v) is 8.65. The quantitative estimate of drug-likeness (QED) is 0.440. The van der Waals surface area contributed by atoms with Gasteiger partial charge in [-0.1, -0.05) is 11.6 Å². The minimum absolute atomic E-state index is 0.0414. The molecule has 0 atom stereocenters. The first kappa shape index (κ1) is 10.7. The second-order valence-corrected chi connectivity index (χ2v) is 3.16. The van der Waals surface area contributed by atoms with Gasteiger partial charge in [0, 0.05) is 13.6 Å². The lowest BCUT2D eigenvalue weighted by Gasteiger charge is -2.14. The molecule has 0 spiro atoms. The number of rotatable bonds is 3. The van der Waals surface area contributed by atoms with Crippen molar-refractivity contribution in [2.75, 3.05) is 18.5 Å². The summed E-state index contributed by atoms with van der Waals surface area (Å²) in [5, 5.41) is 10.7. The summed E-state index contributed by atoms with van der Waals surface area (Å²) in [6.07, 6.45) is 0. The third-order valence-corrected chi connectivity index (χ3v) is 2.04. The van der Waals surface area contributed by atoms with Gasteiger partial charge in [-0.3, -0.25) is 10.1 Å². The van der Waals surface area contributed by atoms with Gasteiger partial charge in [0.15, 0.2) is 0 Å². The van der Waals surface area contributed by atoms with Crippen LogP contribution in [0.2, 0.25) is 5.15 Å². The average Bonchev–Trinajstić information content (AvgIpc) is 2.15. The highest BCUT2D eigenvalue weighted by atomic mass is 35.5. The summed E-state index contributed by atoms with van der Waals surface area (Å²) < 4.78 is 0. The smallest absolute Gasteiger partial charge is 0.276 e. The maximum absolute atomic E-state index is 10.5. The summed E-state index contributed by atoms with van der Waals surface area (Å²) in [7, 11) is 1.79. The molecule has 0 amide bonds. The van der Waals surface area contributed by atoms with Gasteiger partial charge >= 0.3 is 0 Å². The van der Waals surface area contributed by atoms with Crippen molar-refractivity contribution >= 4 is 23.1 Å². The van der Waals surface area contributed by atoms with E-state index >= 15 is 0 Å². The van der Waals surface area contributed by atoms with Crippen molar-refractivity contribution in [2.24, 2.45) is 0 Å². The van der Waals surface area contributed by atoms with Crippen LogP contribution in [0.4, 0.5) is 11.5 Å². The van der Waals surface area contributed by atoms with Crippen molar-refractivity contribution in [3.8, 4) is 0 Å². The first-order chi connectivity index (χ1) is 6.54. The number of aromatic nitrogens is 1. The van der Waals surface area contributed by atoms with Crippen molar-refractivity contribution in [1.29, 1.82) is 0 Å². The lowest BCUT2D eigenvalue weighted by atomic mass is 10.4. The number of nitro groups is 1. The second-order valence-electron chi connectivity index (χ2n) is 2.78. The standard InChI is InChI=1S/C8H10ClN3O2/c1-3-11(2)8-5-6(12(13)14)4-7(9)10-8/h4-5H,3H2,1-2H3. The monoisotopic (exact) mass is 215 g/mol. The van der Waals surface area contributed by atoms with Crippen LogP contribution >= 0.6 is 11.6 Å². The van der Waals surface area contributed by atoms with E-state index in [1.165, 1.54) is 12.1 Å². The van der Waals surface area contributed by atoms with Gasteiger partial charge < -0.3 is 4.90 Å². The molecule has 0 saturated heterocycles. The van der Waals surface area contributed by atoms with Gasteiger partial charge in [0.05, 0.1) is 17.1 Å². The van der Waals surface area contributed by atoms with Gasteiger partial charge in [0.1, 0.15) is 11.0 Å². The summed E-state index contributed by atoms with van der Waals surface area (Å²) in [5.41, 5.74) is -0.0414. The highest BCUT2D eigenvalue weighted by Gasteiger charge is 2.11. The molecule has 1 aromatic rings. The van der Waals surface area contributed by atoms with Gasteiger partial charge in [-0.2, -0.15) is 0 Å². The molecule has 0 saturated carbocycles. The Balaban J connectivity index is 3.13. The number of pyridine rings is 1. The van der Waals surface area contributed by atoms with Crippen LogP contribution in [0.25, 0.3) is 0 Å². The van der Waals surface area contributed by atoms with Crippen LogP contribution in [-0.2, 0) is 0 Å². The molecular weight excluding hydrogens is 206 g/mol. The molecule has 14 heavy (non-hydrogen) atoms. The Hall–Kier alpha value is -1.36. The maximum Gasteiger partial charge on any atom is 0.276 e. The lowest BCUT2D eigenvalue weighted by Crippen LogP contribution is -2.17. The van der Waals surface area contributed by atoms with Crippen molar-refractivity contribution < 1.29 is 4.92 Å². The van der Waals surface area contributed by atoms with Crippen LogP contribution in [0.15, 0.2) is 12.1 Å². The van der Waals surface area contributed by atoms with Gasteiger partial charge in [0.2, 0.25) is 0 Å². The Morgan fingerprint density at radius 2 is 2.29 bits per heavy atom. The molecule has 0 radical (unpaired) electrons. The molecule has 0 aliphatic rings. The number of anilines is 1. The van der Waals surface area contributed by atoms with E-state index in [0.29, 0.717) is 12.4 Å². The van der Waals surface area contributed by atoms with Crippen LogP contribution < -0.4 is 4.90 Å². The Morgan fingerprint density at radius 1 is 1.64 bits per heavy atom. The predicted octanol–water partition coefficient (Wildman–Crippen LogP) is 2.10. The van der Waals surface area contributed by atoms with E-state index in [1.54, 1.807) is 11.9 Å². The molecule has 1 rings (SSSR count). The van der Waals surface area contributed by atoms with Crippen LogP contribution in [0, 0.1) is 10.1 Å². The fourth-order valence-electron chi connectivity index (χ4n) is 0.933. The Bertz CT molecular complexity index is 356. The zero-order valence-electron chi connectivity index (χ0n) is 7.90.